The summed E-state index contributed by atoms with van der Waals surface area (Å²) in [6.07, 6.45) is 3.20. The number of fused-ring (bicyclic) bond motifs is 1. The molecule has 10 nitrogen and oxygen atoms in total. The minimum Gasteiger partial charge on any atom is -0.495 e. The fourth-order valence-corrected chi connectivity index (χ4v) is 4.41. The number of halogens is 1. The number of hydrogen-bond acceptors (Lipinski definition) is 8. The van der Waals surface area contributed by atoms with Crippen LogP contribution in [0.4, 0.5) is 21.8 Å². The van der Waals surface area contributed by atoms with E-state index in [-0.39, 0.29) is 29.0 Å². The molecule has 1 aromatic carbocycles. The molecule has 0 radical (unpaired) electrons. The zero-order chi connectivity index (χ0) is 25.8. The molecule has 4 rings (SSSR count). The molecule has 3 aromatic rings. The van der Waals surface area contributed by atoms with Crippen molar-refractivity contribution in [2.75, 3.05) is 37.4 Å². The lowest BCUT2D eigenvalue weighted by atomic mass is 10.0. The molecule has 0 spiro atoms. The molecule has 1 fully saturated rings. The maximum Gasteiger partial charge on any atom is 0.254 e. The van der Waals surface area contributed by atoms with Crippen molar-refractivity contribution in [1.82, 2.24) is 25.2 Å². The Morgan fingerprint density at radius 3 is 2.72 bits per heavy atom. The number of anilines is 3. The summed E-state index contributed by atoms with van der Waals surface area (Å²) in [7, 11) is 1.44. The van der Waals surface area contributed by atoms with E-state index in [0.717, 1.165) is 25.9 Å². The second-order valence-electron chi connectivity index (χ2n) is 9.00. The lowest BCUT2D eigenvalue weighted by Gasteiger charge is -2.34. The molecule has 3 heterocycles. The first-order chi connectivity index (χ1) is 17.3. The summed E-state index contributed by atoms with van der Waals surface area (Å²) in [6.45, 7) is 8.60. The summed E-state index contributed by atoms with van der Waals surface area (Å²) in [5.41, 5.74) is 1.06. The van der Waals surface area contributed by atoms with Crippen LogP contribution in [0.2, 0.25) is 0 Å². The van der Waals surface area contributed by atoms with Gasteiger partial charge in [-0.25, -0.2) is 4.39 Å². The Morgan fingerprint density at radius 2 is 2.08 bits per heavy atom. The highest BCUT2D eigenvalue weighted by atomic mass is 19.1. The van der Waals surface area contributed by atoms with Crippen molar-refractivity contribution in [3.05, 3.63) is 35.3 Å². The first kappa shape index (κ1) is 25.2. The summed E-state index contributed by atoms with van der Waals surface area (Å²) in [5, 5.41) is 19.0. The number of nitriles is 1. The van der Waals surface area contributed by atoms with Gasteiger partial charge in [-0.1, -0.05) is 0 Å². The highest BCUT2D eigenvalue weighted by Crippen LogP contribution is 2.32. The number of hydrogen-bond donors (Lipinski definition) is 4. The topological polar surface area (TPSA) is 131 Å². The molecule has 0 aliphatic carbocycles. The van der Waals surface area contributed by atoms with Gasteiger partial charge in [0.15, 0.2) is 0 Å². The third kappa shape index (κ3) is 5.18. The number of aromatic nitrogens is 3. The molecule has 4 N–H and O–H groups in total. The number of piperidine rings is 1. The van der Waals surface area contributed by atoms with E-state index in [1.807, 2.05) is 6.92 Å². The molecule has 0 saturated carbocycles. The number of nitrogens with zero attached hydrogens (tertiary/aromatic N) is 4. The molecule has 1 aliphatic heterocycles. The molecule has 2 aromatic heterocycles. The van der Waals surface area contributed by atoms with E-state index in [0.29, 0.717) is 35.0 Å². The summed E-state index contributed by atoms with van der Waals surface area (Å²) in [5.74, 6) is -0.231. The zero-order valence-electron chi connectivity index (χ0n) is 20.9. The predicted octanol–water partition coefficient (Wildman–Crippen LogP) is 3.76. The molecular formula is C25H31FN8O2. The summed E-state index contributed by atoms with van der Waals surface area (Å²) in [6, 6.07) is 5.16. The van der Waals surface area contributed by atoms with Gasteiger partial charge in [0.2, 0.25) is 5.95 Å². The van der Waals surface area contributed by atoms with Crippen LogP contribution in [0, 0.1) is 17.1 Å². The van der Waals surface area contributed by atoms with Gasteiger partial charge >= 0.3 is 0 Å². The van der Waals surface area contributed by atoms with Gasteiger partial charge in [0.1, 0.15) is 29.1 Å². The summed E-state index contributed by atoms with van der Waals surface area (Å²) in [4.78, 5) is 27.1. The number of carbonyl (C=O) groups excluding carboxylic acids is 1. The first-order valence-corrected chi connectivity index (χ1v) is 12.1. The molecule has 36 heavy (non-hydrogen) atoms. The largest absolute Gasteiger partial charge is 0.495 e. The Morgan fingerprint density at radius 1 is 1.33 bits per heavy atom. The zero-order valence-corrected chi connectivity index (χ0v) is 20.9. The molecule has 0 bridgehead atoms. The number of benzene rings is 1. The number of H-pyrrole nitrogens is 1. The molecule has 1 amide bonds. The maximum absolute atomic E-state index is 15.1. The Bertz CT molecular complexity index is 1290. The van der Waals surface area contributed by atoms with E-state index < -0.39 is 11.7 Å². The van der Waals surface area contributed by atoms with E-state index in [4.69, 9.17) is 4.74 Å². The van der Waals surface area contributed by atoms with Gasteiger partial charge in [-0.3, -0.25) is 4.79 Å². The van der Waals surface area contributed by atoms with Crippen molar-refractivity contribution < 1.29 is 13.9 Å². The smallest absolute Gasteiger partial charge is 0.254 e. The van der Waals surface area contributed by atoms with Gasteiger partial charge in [-0.2, -0.15) is 15.2 Å². The third-order valence-corrected chi connectivity index (χ3v) is 6.37. The second-order valence-corrected chi connectivity index (χ2v) is 9.00. The maximum atomic E-state index is 15.1. The van der Waals surface area contributed by atoms with Crippen molar-refractivity contribution in [2.45, 2.75) is 45.7 Å². The average molecular weight is 495 g/mol. The number of rotatable bonds is 8. The number of methoxy groups -OCH3 is 1. The van der Waals surface area contributed by atoms with Crippen LogP contribution in [0.15, 0.2) is 18.3 Å². The van der Waals surface area contributed by atoms with Crippen LogP contribution < -0.4 is 20.7 Å². The van der Waals surface area contributed by atoms with Gasteiger partial charge in [0, 0.05) is 44.0 Å². The van der Waals surface area contributed by atoms with Crippen LogP contribution in [0.3, 0.4) is 0 Å². The fraction of sp³-hybridized carbons (Fsp3) is 0.440. The fourth-order valence-electron chi connectivity index (χ4n) is 4.41. The minimum absolute atomic E-state index is 0.000548. The molecule has 190 valence electrons. The quantitative estimate of drug-likeness (QED) is 0.372. The molecule has 0 unspecified atom stereocenters. The van der Waals surface area contributed by atoms with Gasteiger partial charge in [0.05, 0.1) is 29.3 Å². The number of likely N-dealkylation sites (tertiary alicyclic amines) is 1. The molecule has 11 heteroatoms. The minimum atomic E-state index is -0.685. The highest BCUT2D eigenvalue weighted by molar-refractivity contribution is 5.96. The Hall–Kier alpha value is -3.91. The molecule has 1 saturated heterocycles. The van der Waals surface area contributed by atoms with Crippen LogP contribution in [0.5, 0.6) is 5.75 Å². The first-order valence-electron chi connectivity index (χ1n) is 12.1. The molecular weight excluding hydrogens is 463 g/mol. The third-order valence-electron chi connectivity index (χ3n) is 6.37. The van der Waals surface area contributed by atoms with Crippen LogP contribution in [0.1, 0.15) is 49.5 Å². The predicted molar refractivity (Wildman–Crippen MR) is 136 cm³/mol. The van der Waals surface area contributed by atoms with Crippen LogP contribution >= 0.6 is 0 Å². The van der Waals surface area contributed by atoms with E-state index >= 15 is 4.39 Å². The Balaban J connectivity index is 1.55. The Labute approximate surface area is 209 Å². The van der Waals surface area contributed by atoms with Crippen molar-refractivity contribution >= 4 is 34.4 Å². The number of carbonyl (C=O) groups is 1. The highest BCUT2D eigenvalue weighted by Gasteiger charge is 2.25. The number of aromatic amines is 1. The van der Waals surface area contributed by atoms with Gasteiger partial charge in [-0.05, 0) is 39.7 Å². The number of nitrogens with one attached hydrogen (secondary N) is 4. The van der Waals surface area contributed by atoms with E-state index in [1.54, 1.807) is 6.20 Å². The molecule has 0 atom stereocenters. The summed E-state index contributed by atoms with van der Waals surface area (Å²) < 4.78 is 20.5. The normalized spacial score (nSPS) is 14.6. The van der Waals surface area contributed by atoms with E-state index in [2.05, 4.69) is 55.7 Å². The summed E-state index contributed by atoms with van der Waals surface area (Å²) >= 11 is 0. The van der Waals surface area contributed by atoms with Crippen molar-refractivity contribution in [3.63, 3.8) is 0 Å². The van der Waals surface area contributed by atoms with Gasteiger partial charge < -0.3 is 30.6 Å². The monoisotopic (exact) mass is 494 g/mol. The van der Waals surface area contributed by atoms with Crippen molar-refractivity contribution in [3.8, 4) is 11.8 Å². The lowest BCUT2D eigenvalue weighted by molar-refractivity contribution is 0.0896. The second kappa shape index (κ2) is 10.8. The van der Waals surface area contributed by atoms with Crippen LogP contribution in [-0.2, 0) is 0 Å². The van der Waals surface area contributed by atoms with Crippen molar-refractivity contribution in [1.29, 1.82) is 5.26 Å². The standard InChI is InChI=1S/C25H31FN8O2/c1-5-28-22-21-15(12-27)13-29-23(21)33-25(32-22)31-19-11-18(26)17(10-20(19)36-4)24(35)30-16-6-8-34(9-7-16)14(2)3/h10-11,13-14,16H,5-9H2,1-4H3,(H,30,35)(H3,28,29,31,32,33). The number of amides is 1. The lowest BCUT2D eigenvalue weighted by Crippen LogP contribution is -2.46. The van der Waals surface area contributed by atoms with E-state index in [9.17, 15) is 10.1 Å². The molecule has 1 aliphatic rings. The van der Waals surface area contributed by atoms with Crippen LogP contribution in [0.25, 0.3) is 11.0 Å². The van der Waals surface area contributed by atoms with Gasteiger partial charge in [-0.15, -0.1) is 0 Å². The van der Waals surface area contributed by atoms with Crippen LogP contribution in [-0.4, -0.2) is 64.6 Å². The Kier molecular flexibility index (Phi) is 7.55. The van der Waals surface area contributed by atoms with Crippen molar-refractivity contribution in [2.24, 2.45) is 0 Å². The number of ether oxygens (including phenoxy) is 1. The SMILES string of the molecule is CCNc1nc(Nc2cc(F)c(C(=O)NC3CCN(C(C)C)CC3)cc2OC)nc2[nH]cc(C#N)c12. The van der Waals surface area contributed by atoms with Gasteiger partial charge in [0.25, 0.3) is 5.91 Å². The average Bonchev–Trinajstić information content (AvgIpc) is 3.28. The van der Waals surface area contributed by atoms with E-state index in [1.165, 1.54) is 19.2 Å².